The molecule has 2 N–H and O–H groups in total. The molecule has 2 atom stereocenters. The molecule has 2 aromatic rings. The van der Waals surface area contributed by atoms with E-state index in [1.807, 2.05) is 30.3 Å². The normalized spacial score (nSPS) is 21.4. The van der Waals surface area contributed by atoms with Crippen LogP contribution in [-0.2, 0) is 10.0 Å². The van der Waals surface area contributed by atoms with Gasteiger partial charge in [0.25, 0.3) is 0 Å². The van der Waals surface area contributed by atoms with Crippen molar-refractivity contribution in [2.45, 2.75) is 10.8 Å². The average molecular weight is 387 g/mol. The number of sulfonamides is 1. The Morgan fingerprint density at radius 3 is 2.42 bits per heavy atom. The molecule has 130 valence electrons. The Labute approximate surface area is 154 Å². The fourth-order valence-corrected chi connectivity index (χ4v) is 4.95. The van der Waals surface area contributed by atoms with Gasteiger partial charge in [0.05, 0.1) is 4.90 Å². The Bertz CT molecular complexity index is 784. The van der Waals surface area contributed by atoms with E-state index in [9.17, 15) is 8.42 Å². The topological polar surface area (TPSA) is 63.4 Å². The molecule has 1 heterocycles. The van der Waals surface area contributed by atoms with Crippen LogP contribution < -0.4 is 5.73 Å². The van der Waals surface area contributed by atoms with Gasteiger partial charge in [-0.2, -0.15) is 4.31 Å². The highest BCUT2D eigenvalue weighted by atomic mass is 35.5. The second kappa shape index (κ2) is 7.85. The molecule has 0 aromatic heterocycles. The van der Waals surface area contributed by atoms with Crippen LogP contribution in [-0.4, -0.2) is 32.4 Å². The lowest BCUT2D eigenvalue weighted by atomic mass is 9.89. The summed E-state index contributed by atoms with van der Waals surface area (Å²) in [5, 5.41) is 0.417. The zero-order valence-electron chi connectivity index (χ0n) is 13.0. The van der Waals surface area contributed by atoms with Crippen LogP contribution in [0.15, 0.2) is 59.5 Å². The minimum absolute atomic E-state index is 0. The molecular formula is C17H20Cl2N2O2S. The maximum absolute atomic E-state index is 12.9. The van der Waals surface area contributed by atoms with Crippen molar-refractivity contribution in [2.75, 3.05) is 19.6 Å². The van der Waals surface area contributed by atoms with Gasteiger partial charge in [-0.05, 0) is 36.2 Å². The molecule has 0 saturated carbocycles. The summed E-state index contributed by atoms with van der Waals surface area (Å²) in [6.45, 7) is 1.34. The minimum Gasteiger partial charge on any atom is -0.330 e. The first-order valence-electron chi connectivity index (χ1n) is 7.53. The maximum Gasteiger partial charge on any atom is 0.243 e. The molecule has 0 spiro atoms. The number of halogens is 2. The first kappa shape index (κ1) is 19.2. The Morgan fingerprint density at radius 1 is 1.08 bits per heavy atom. The van der Waals surface area contributed by atoms with Crippen LogP contribution in [0.2, 0.25) is 5.02 Å². The average Bonchev–Trinajstić information content (AvgIpc) is 3.01. The van der Waals surface area contributed by atoms with Gasteiger partial charge in [-0.15, -0.1) is 12.4 Å². The van der Waals surface area contributed by atoms with Crippen LogP contribution in [0.1, 0.15) is 11.5 Å². The summed E-state index contributed by atoms with van der Waals surface area (Å²) >= 11 is 5.94. The number of nitrogens with zero attached hydrogens (tertiary/aromatic N) is 1. The molecule has 4 nitrogen and oxygen atoms in total. The number of nitrogens with two attached hydrogens (primary N) is 1. The monoisotopic (exact) mass is 386 g/mol. The molecule has 0 bridgehead atoms. The third-order valence-corrected chi connectivity index (χ3v) is 6.43. The molecule has 1 aliphatic rings. The second-order valence-corrected chi connectivity index (χ2v) is 8.17. The third kappa shape index (κ3) is 3.76. The van der Waals surface area contributed by atoms with E-state index in [1.54, 1.807) is 18.2 Å². The summed E-state index contributed by atoms with van der Waals surface area (Å²) in [6, 6.07) is 16.3. The standard InChI is InChI=1S/C17H19ClN2O2S.ClH/c18-15-7-4-8-16(9-15)23(21,22)20-11-14(10-19)17(12-20)13-5-2-1-3-6-13;/h1-9,14,17H,10-12,19H2;1H/t14-,17+;/m1./s1. The van der Waals surface area contributed by atoms with Gasteiger partial charge in [0.1, 0.15) is 0 Å². The van der Waals surface area contributed by atoms with Gasteiger partial charge in [-0.25, -0.2) is 8.42 Å². The molecule has 3 rings (SSSR count). The predicted molar refractivity (Wildman–Crippen MR) is 99.2 cm³/mol. The van der Waals surface area contributed by atoms with E-state index in [2.05, 4.69) is 0 Å². The first-order chi connectivity index (χ1) is 11.0. The summed E-state index contributed by atoms with van der Waals surface area (Å²) in [4.78, 5) is 0.231. The lowest BCUT2D eigenvalue weighted by molar-refractivity contribution is 0.459. The molecule has 1 fully saturated rings. The van der Waals surface area contributed by atoms with Crippen molar-refractivity contribution in [3.05, 3.63) is 65.2 Å². The lowest BCUT2D eigenvalue weighted by Gasteiger charge is -2.17. The van der Waals surface area contributed by atoms with Crippen molar-refractivity contribution < 1.29 is 8.42 Å². The van der Waals surface area contributed by atoms with Crippen LogP contribution >= 0.6 is 24.0 Å². The second-order valence-electron chi connectivity index (χ2n) is 5.79. The molecule has 0 unspecified atom stereocenters. The van der Waals surface area contributed by atoms with Crippen LogP contribution in [0.4, 0.5) is 0 Å². The fraction of sp³-hybridized carbons (Fsp3) is 0.294. The quantitative estimate of drug-likeness (QED) is 0.877. The highest BCUT2D eigenvalue weighted by molar-refractivity contribution is 7.89. The van der Waals surface area contributed by atoms with Gasteiger partial charge < -0.3 is 5.73 Å². The van der Waals surface area contributed by atoms with E-state index >= 15 is 0 Å². The Hall–Kier alpha value is -1.11. The molecule has 0 aliphatic carbocycles. The van der Waals surface area contributed by atoms with E-state index in [4.69, 9.17) is 17.3 Å². The third-order valence-electron chi connectivity index (χ3n) is 4.37. The smallest absolute Gasteiger partial charge is 0.243 e. The predicted octanol–water partition coefficient (Wildman–Crippen LogP) is 3.12. The van der Waals surface area contributed by atoms with Crippen LogP contribution in [0.3, 0.4) is 0 Å². The van der Waals surface area contributed by atoms with Gasteiger partial charge in [-0.1, -0.05) is 48.0 Å². The van der Waals surface area contributed by atoms with Crippen molar-refractivity contribution in [3.8, 4) is 0 Å². The SMILES string of the molecule is Cl.NC[C@@H]1CN(S(=O)(=O)c2cccc(Cl)c2)C[C@H]1c1ccccc1. The number of hydrogen-bond acceptors (Lipinski definition) is 3. The largest absolute Gasteiger partial charge is 0.330 e. The number of benzene rings is 2. The van der Waals surface area contributed by atoms with Crippen LogP contribution in [0.5, 0.6) is 0 Å². The molecule has 24 heavy (non-hydrogen) atoms. The van der Waals surface area contributed by atoms with Crippen molar-refractivity contribution >= 4 is 34.0 Å². The van der Waals surface area contributed by atoms with Crippen LogP contribution in [0.25, 0.3) is 0 Å². The highest BCUT2D eigenvalue weighted by Gasteiger charge is 2.39. The molecule has 0 amide bonds. The Balaban J connectivity index is 0.00000208. The van der Waals surface area contributed by atoms with Gasteiger partial charge in [0.15, 0.2) is 0 Å². The summed E-state index contributed by atoms with van der Waals surface area (Å²) in [6.07, 6.45) is 0. The van der Waals surface area contributed by atoms with Crippen molar-refractivity contribution in [1.82, 2.24) is 4.31 Å². The van der Waals surface area contributed by atoms with Crippen molar-refractivity contribution in [2.24, 2.45) is 11.7 Å². The Morgan fingerprint density at radius 2 is 1.79 bits per heavy atom. The maximum atomic E-state index is 12.9. The number of rotatable bonds is 4. The Kier molecular flexibility index (Phi) is 6.28. The molecule has 0 radical (unpaired) electrons. The molecule has 2 aromatic carbocycles. The fourth-order valence-electron chi connectivity index (χ4n) is 3.12. The van der Waals surface area contributed by atoms with Crippen molar-refractivity contribution in [3.63, 3.8) is 0 Å². The zero-order valence-corrected chi connectivity index (χ0v) is 15.4. The van der Waals surface area contributed by atoms with E-state index in [0.717, 1.165) is 5.56 Å². The zero-order chi connectivity index (χ0) is 16.4. The summed E-state index contributed by atoms with van der Waals surface area (Å²) < 4.78 is 27.2. The summed E-state index contributed by atoms with van der Waals surface area (Å²) in [5.74, 6) is 0.238. The summed E-state index contributed by atoms with van der Waals surface area (Å²) in [5.41, 5.74) is 7.02. The van der Waals surface area contributed by atoms with Gasteiger partial charge in [0.2, 0.25) is 10.0 Å². The highest BCUT2D eigenvalue weighted by Crippen LogP contribution is 2.35. The minimum atomic E-state index is -3.55. The summed E-state index contributed by atoms with van der Waals surface area (Å²) in [7, 11) is -3.55. The van der Waals surface area contributed by atoms with Gasteiger partial charge >= 0.3 is 0 Å². The van der Waals surface area contributed by atoms with E-state index in [1.165, 1.54) is 10.4 Å². The lowest BCUT2D eigenvalue weighted by Crippen LogP contribution is -2.30. The first-order valence-corrected chi connectivity index (χ1v) is 9.35. The van der Waals surface area contributed by atoms with Gasteiger partial charge in [0, 0.05) is 24.0 Å². The van der Waals surface area contributed by atoms with E-state index < -0.39 is 10.0 Å². The van der Waals surface area contributed by atoms with Gasteiger partial charge in [-0.3, -0.25) is 0 Å². The molecular weight excluding hydrogens is 367 g/mol. The van der Waals surface area contributed by atoms with Crippen LogP contribution in [0, 0.1) is 5.92 Å². The number of hydrogen-bond donors (Lipinski definition) is 1. The molecule has 1 saturated heterocycles. The van der Waals surface area contributed by atoms with E-state index in [-0.39, 0.29) is 29.1 Å². The van der Waals surface area contributed by atoms with Crippen molar-refractivity contribution in [1.29, 1.82) is 0 Å². The molecule has 7 heteroatoms. The molecule has 1 aliphatic heterocycles. The van der Waals surface area contributed by atoms with E-state index in [0.29, 0.717) is 24.7 Å².